The van der Waals surface area contributed by atoms with Crippen LogP contribution in [0.15, 0.2) is 57.5 Å². The lowest BCUT2D eigenvalue weighted by Crippen LogP contribution is -2.13. The molecule has 133 valence electrons. The Balaban J connectivity index is 1.49. The first kappa shape index (κ1) is 18.3. The van der Waals surface area contributed by atoms with Crippen LogP contribution in [0.4, 0.5) is 0 Å². The summed E-state index contributed by atoms with van der Waals surface area (Å²) in [6.45, 7) is 0. The second kappa shape index (κ2) is 8.76. The predicted octanol–water partition coefficient (Wildman–Crippen LogP) is 3.90. The molecule has 3 aromatic rings. The molecule has 6 heteroatoms. The molecule has 0 aliphatic carbocycles. The summed E-state index contributed by atoms with van der Waals surface area (Å²) in [6.07, 6.45) is 4.85. The van der Waals surface area contributed by atoms with Gasteiger partial charge >= 0.3 is 0 Å². The third kappa shape index (κ3) is 5.02. The Morgan fingerprint density at radius 2 is 1.85 bits per heavy atom. The molecule has 2 aromatic carbocycles. The van der Waals surface area contributed by atoms with Crippen molar-refractivity contribution in [3.63, 3.8) is 0 Å². The fraction of sp³-hybridized carbons (Fsp3) is 0.200. The molecular formula is C20H19BrN3O2. The number of carbonyl (C=O) groups excluding carboxylic acids is 1. The fourth-order valence-corrected chi connectivity index (χ4v) is 2.95. The van der Waals surface area contributed by atoms with Gasteiger partial charge in [0, 0.05) is 16.5 Å². The van der Waals surface area contributed by atoms with E-state index < -0.39 is 5.91 Å². The van der Waals surface area contributed by atoms with Gasteiger partial charge in [0.2, 0.25) is 11.8 Å². The first-order valence-electron chi connectivity index (χ1n) is 8.40. The van der Waals surface area contributed by atoms with E-state index >= 15 is 0 Å². The summed E-state index contributed by atoms with van der Waals surface area (Å²) in [4.78, 5) is 15.8. The Morgan fingerprint density at radius 3 is 2.62 bits per heavy atom. The predicted molar refractivity (Wildman–Crippen MR) is 103 cm³/mol. The molecule has 2 N–H and O–H groups in total. The molecule has 0 aliphatic rings. The topological polar surface area (TPSA) is 82.0 Å². The molecule has 5 nitrogen and oxygen atoms in total. The maximum Gasteiger partial charge on any atom is 0.248 e. The highest BCUT2D eigenvalue weighted by Crippen LogP contribution is 2.15. The Morgan fingerprint density at radius 1 is 1.08 bits per heavy atom. The summed E-state index contributed by atoms with van der Waals surface area (Å²) in [5, 5.41) is 4.02. The quantitative estimate of drug-likeness (QED) is 0.607. The van der Waals surface area contributed by atoms with Gasteiger partial charge in [0.05, 0.1) is 6.42 Å². The zero-order valence-electron chi connectivity index (χ0n) is 14.2. The second-order valence-corrected chi connectivity index (χ2v) is 6.86. The molecule has 1 radical (unpaired) electrons. The van der Waals surface area contributed by atoms with E-state index in [-0.39, 0.29) is 0 Å². The van der Waals surface area contributed by atoms with Crippen molar-refractivity contribution in [3.8, 4) is 0 Å². The number of carbonyl (C=O) groups is 1. The van der Waals surface area contributed by atoms with Crippen molar-refractivity contribution < 1.29 is 9.32 Å². The van der Waals surface area contributed by atoms with Gasteiger partial charge in [0.1, 0.15) is 0 Å². The Hall–Kier alpha value is -2.47. The minimum Gasteiger partial charge on any atom is -0.366 e. The van der Waals surface area contributed by atoms with Gasteiger partial charge in [-0.1, -0.05) is 51.4 Å². The molecule has 3 rings (SSSR count). The number of aromatic nitrogens is 2. The minimum absolute atomic E-state index is 0.409. The van der Waals surface area contributed by atoms with E-state index in [9.17, 15) is 4.79 Å². The van der Waals surface area contributed by atoms with E-state index in [2.05, 4.69) is 38.2 Å². The monoisotopic (exact) mass is 412 g/mol. The van der Waals surface area contributed by atoms with Crippen molar-refractivity contribution in [2.45, 2.75) is 25.7 Å². The smallest absolute Gasteiger partial charge is 0.248 e. The Bertz CT molecular complexity index is 875. The van der Waals surface area contributed by atoms with E-state index in [0.29, 0.717) is 30.1 Å². The van der Waals surface area contributed by atoms with E-state index in [1.54, 1.807) is 6.07 Å². The van der Waals surface area contributed by atoms with Gasteiger partial charge in [0.15, 0.2) is 5.82 Å². The number of hydrogen-bond donors (Lipinski definition) is 1. The molecule has 26 heavy (non-hydrogen) atoms. The standard InChI is InChI=1S/C20H19BrN3O2/c21-16-11-8-14(9-12-16)10-13-18-23-19(26-24-18)7-3-5-15-4-1-2-6-17(15)20(22)25/h1-2,4,6-9,11-12H,3,5,10,13H2,(H2,22,25). The van der Waals surface area contributed by atoms with Crippen molar-refractivity contribution in [2.24, 2.45) is 5.73 Å². The van der Waals surface area contributed by atoms with Gasteiger partial charge in [-0.2, -0.15) is 4.98 Å². The van der Waals surface area contributed by atoms with Gasteiger partial charge in [-0.3, -0.25) is 4.79 Å². The lowest BCUT2D eigenvalue weighted by Gasteiger charge is -2.04. The minimum atomic E-state index is -0.409. The molecule has 0 fully saturated rings. The van der Waals surface area contributed by atoms with Gasteiger partial charge in [-0.15, -0.1) is 0 Å². The van der Waals surface area contributed by atoms with Crippen LogP contribution >= 0.6 is 15.9 Å². The number of amides is 1. The number of aryl methyl sites for hydroxylation is 3. The maximum absolute atomic E-state index is 11.4. The lowest BCUT2D eigenvalue weighted by molar-refractivity contribution is 0.0999. The molecule has 0 saturated carbocycles. The summed E-state index contributed by atoms with van der Waals surface area (Å²) < 4.78 is 6.34. The van der Waals surface area contributed by atoms with Crippen LogP contribution in [-0.2, 0) is 19.3 Å². The van der Waals surface area contributed by atoms with E-state index in [0.717, 1.165) is 22.9 Å². The SMILES string of the molecule is NC(=O)c1ccccc1CC[CH]c1nc(CCc2ccc(Br)cc2)no1. The average molecular weight is 413 g/mol. The summed E-state index contributed by atoms with van der Waals surface area (Å²) in [5.74, 6) is 0.790. The molecule has 0 saturated heterocycles. The van der Waals surface area contributed by atoms with Gasteiger partial charge in [-0.25, -0.2) is 0 Å². The summed E-state index contributed by atoms with van der Waals surface area (Å²) >= 11 is 3.43. The molecule has 0 unspecified atom stereocenters. The molecule has 0 spiro atoms. The highest BCUT2D eigenvalue weighted by Gasteiger charge is 2.10. The van der Waals surface area contributed by atoms with Crippen LogP contribution in [0, 0.1) is 6.42 Å². The van der Waals surface area contributed by atoms with Crippen molar-refractivity contribution in [3.05, 3.63) is 87.8 Å². The summed E-state index contributed by atoms with van der Waals surface area (Å²) in [5.41, 5.74) is 8.11. The maximum atomic E-state index is 11.4. The molecule has 1 aromatic heterocycles. The summed E-state index contributed by atoms with van der Waals surface area (Å²) in [7, 11) is 0. The van der Waals surface area contributed by atoms with Crippen LogP contribution in [0.5, 0.6) is 0 Å². The number of halogens is 1. The largest absolute Gasteiger partial charge is 0.366 e. The summed E-state index contributed by atoms with van der Waals surface area (Å²) in [6, 6.07) is 15.6. The normalized spacial score (nSPS) is 10.8. The first-order chi connectivity index (χ1) is 12.6. The zero-order valence-corrected chi connectivity index (χ0v) is 15.8. The lowest BCUT2D eigenvalue weighted by atomic mass is 10.0. The highest BCUT2D eigenvalue weighted by atomic mass is 79.9. The van der Waals surface area contributed by atoms with Crippen LogP contribution in [0.2, 0.25) is 0 Å². The van der Waals surface area contributed by atoms with Crippen molar-refractivity contribution in [1.29, 1.82) is 0 Å². The van der Waals surface area contributed by atoms with E-state index in [1.807, 2.05) is 36.8 Å². The Labute approximate surface area is 160 Å². The van der Waals surface area contributed by atoms with E-state index in [1.165, 1.54) is 5.56 Å². The fourth-order valence-electron chi connectivity index (χ4n) is 2.69. The molecule has 1 heterocycles. The molecule has 0 atom stereocenters. The number of hydrogen-bond acceptors (Lipinski definition) is 4. The van der Waals surface area contributed by atoms with Gasteiger partial charge in [0.25, 0.3) is 0 Å². The number of primary amides is 1. The van der Waals surface area contributed by atoms with Crippen LogP contribution in [0.25, 0.3) is 0 Å². The zero-order chi connectivity index (χ0) is 18.4. The second-order valence-electron chi connectivity index (χ2n) is 5.94. The van der Waals surface area contributed by atoms with E-state index in [4.69, 9.17) is 10.3 Å². The first-order valence-corrected chi connectivity index (χ1v) is 9.19. The van der Waals surface area contributed by atoms with Gasteiger partial charge in [-0.05, 0) is 48.6 Å². The van der Waals surface area contributed by atoms with Crippen molar-refractivity contribution in [1.82, 2.24) is 10.1 Å². The number of nitrogens with zero attached hydrogens (tertiary/aromatic N) is 2. The third-order valence-corrected chi connectivity index (χ3v) is 4.58. The third-order valence-electron chi connectivity index (χ3n) is 4.05. The van der Waals surface area contributed by atoms with Crippen LogP contribution in [0.3, 0.4) is 0 Å². The number of rotatable bonds is 8. The number of benzene rings is 2. The highest BCUT2D eigenvalue weighted by molar-refractivity contribution is 9.10. The number of nitrogens with two attached hydrogens (primary N) is 1. The van der Waals surface area contributed by atoms with Gasteiger partial charge < -0.3 is 10.3 Å². The Kier molecular flexibility index (Phi) is 6.17. The van der Waals surface area contributed by atoms with Crippen LogP contribution in [-0.4, -0.2) is 16.0 Å². The van der Waals surface area contributed by atoms with Crippen LogP contribution in [0.1, 0.15) is 39.6 Å². The molecule has 0 bridgehead atoms. The average Bonchev–Trinajstić information content (AvgIpc) is 3.09. The molecule has 0 aliphatic heterocycles. The molecule has 1 amide bonds. The van der Waals surface area contributed by atoms with Crippen molar-refractivity contribution >= 4 is 21.8 Å². The molecular weight excluding hydrogens is 394 g/mol. The van der Waals surface area contributed by atoms with Crippen LogP contribution < -0.4 is 5.73 Å². The van der Waals surface area contributed by atoms with Crippen molar-refractivity contribution in [2.75, 3.05) is 0 Å².